The van der Waals surface area contributed by atoms with Gasteiger partial charge in [-0.25, -0.2) is 0 Å². The molecular formula is C20H29N7OS2. The SMILES string of the molecule is CCCN(CCC)CCCOc1ccccc1-c1nnc(-n2nc(SC)nc2N)s1. The van der Waals surface area contributed by atoms with E-state index >= 15 is 0 Å². The number of benzene rings is 1. The topological polar surface area (TPSA) is 95.0 Å². The van der Waals surface area contributed by atoms with Crippen molar-refractivity contribution in [3.63, 3.8) is 0 Å². The molecule has 2 heterocycles. The molecule has 2 N–H and O–H groups in total. The number of hydrogen-bond acceptors (Lipinski definition) is 9. The summed E-state index contributed by atoms with van der Waals surface area (Å²) in [6, 6.07) is 7.92. The van der Waals surface area contributed by atoms with E-state index in [0.717, 1.165) is 42.4 Å². The Balaban J connectivity index is 1.67. The Bertz CT molecular complexity index is 922. The fourth-order valence-corrected chi connectivity index (χ4v) is 4.33. The van der Waals surface area contributed by atoms with Gasteiger partial charge in [-0.2, -0.15) is 9.67 Å². The van der Waals surface area contributed by atoms with Crippen LogP contribution in [0.25, 0.3) is 15.7 Å². The minimum atomic E-state index is 0.301. The lowest BCUT2D eigenvalue weighted by Gasteiger charge is -2.20. The lowest BCUT2D eigenvalue weighted by Crippen LogP contribution is -2.27. The highest BCUT2D eigenvalue weighted by Crippen LogP contribution is 2.33. The van der Waals surface area contributed by atoms with E-state index in [-0.39, 0.29) is 0 Å². The van der Waals surface area contributed by atoms with E-state index in [1.807, 2.05) is 30.5 Å². The quantitative estimate of drug-likeness (QED) is 0.329. The molecule has 1 aromatic carbocycles. The number of nitrogen functional groups attached to an aromatic ring is 1. The molecule has 3 aromatic rings. The summed E-state index contributed by atoms with van der Waals surface area (Å²) in [5.74, 6) is 1.12. The first-order chi connectivity index (χ1) is 14.7. The first-order valence-corrected chi connectivity index (χ1v) is 12.2. The molecule has 10 heteroatoms. The van der Waals surface area contributed by atoms with Crippen LogP contribution >= 0.6 is 23.1 Å². The van der Waals surface area contributed by atoms with Gasteiger partial charge in [0.15, 0.2) is 5.01 Å². The third kappa shape index (κ3) is 5.71. The summed E-state index contributed by atoms with van der Waals surface area (Å²) in [5.41, 5.74) is 6.88. The van der Waals surface area contributed by atoms with Gasteiger partial charge in [-0.3, -0.25) is 0 Å². The van der Waals surface area contributed by atoms with Gasteiger partial charge in [0, 0.05) is 6.54 Å². The van der Waals surface area contributed by atoms with Gasteiger partial charge in [0.2, 0.25) is 16.2 Å². The van der Waals surface area contributed by atoms with Crippen molar-refractivity contribution in [2.75, 3.05) is 38.2 Å². The Morgan fingerprint density at radius 3 is 2.60 bits per heavy atom. The second-order valence-corrected chi connectivity index (χ2v) is 8.53. The van der Waals surface area contributed by atoms with Crippen LogP contribution in [0.5, 0.6) is 5.75 Å². The lowest BCUT2D eigenvalue weighted by atomic mass is 10.2. The number of para-hydroxylation sites is 1. The highest BCUT2D eigenvalue weighted by molar-refractivity contribution is 7.98. The zero-order valence-corrected chi connectivity index (χ0v) is 19.4. The number of nitrogens with zero attached hydrogens (tertiary/aromatic N) is 6. The normalized spacial score (nSPS) is 11.3. The summed E-state index contributed by atoms with van der Waals surface area (Å²) in [6.45, 7) is 8.44. The number of hydrogen-bond donors (Lipinski definition) is 1. The Labute approximate surface area is 185 Å². The second-order valence-electron chi connectivity index (χ2n) is 6.80. The summed E-state index contributed by atoms with van der Waals surface area (Å²) < 4.78 is 7.63. The summed E-state index contributed by atoms with van der Waals surface area (Å²) in [5, 5.41) is 14.9. The van der Waals surface area contributed by atoms with Gasteiger partial charge in [0.25, 0.3) is 0 Å². The van der Waals surface area contributed by atoms with Gasteiger partial charge in [-0.05, 0) is 50.7 Å². The van der Waals surface area contributed by atoms with Crippen molar-refractivity contribution in [1.29, 1.82) is 0 Å². The molecule has 0 aliphatic carbocycles. The van der Waals surface area contributed by atoms with Gasteiger partial charge >= 0.3 is 0 Å². The maximum atomic E-state index is 6.11. The summed E-state index contributed by atoms with van der Waals surface area (Å²) in [4.78, 5) is 6.70. The molecule has 2 aromatic heterocycles. The average molecular weight is 448 g/mol. The van der Waals surface area contributed by atoms with Crippen LogP contribution < -0.4 is 10.5 Å². The first kappa shape index (κ1) is 22.5. The van der Waals surface area contributed by atoms with Crippen molar-refractivity contribution in [2.45, 2.75) is 38.3 Å². The second kappa shape index (κ2) is 11.3. The molecule has 3 rings (SSSR count). The van der Waals surface area contributed by atoms with Crippen LogP contribution in [0, 0.1) is 0 Å². The maximum absolute atomic E-state index is 6.11. The molecule has 0 unspecified atom stereocenters. The average Bonchev–Trinajstić information content (AvgIpc) is 3.38. The molecule has 30 heavy (non-hydrogen) atoms. The minimum absolute atomic E-state index is 0.301. The van der Waals surface area contributed by atoms with E-state index in [9.17, 15) is 0 Å². The van der Waals surface area contributed by atoms with Gasteiger partial charge in [-0.15, -0.1) is 15.3 Å². The third-order valence-electron chi connectivity index (χ3n) is 4.46. The molecule has 0 amide bonds. The molecular weight excluding hydrogens is 418 g/mol. The molecule has 0 radical (unpaired) electrons. The molecule has 0 saturated carbocycles. The summed E-state index contributed by atoms with van der Waals surface area (Å²) in [6.07, 6.45) is 5.25. The van der Waals surface area contributed by atoms with Gasteiger partial charge in [-0.1, -0.05) is 49.1 Å². The molecule has 0 bridgehead atoms. The molecule has 8 nitrogen and oxygen atoms in total. The van der Waals surface area contributed by atoms with Crippen molar-refractivity contribution in [3.8, 4) is 21.5 Å². The van der Waals surface area contributed by atoms with Crippen molar-refractivity contribution in [2.24, 2.45) is 0 Å². The Morgan fingerprint density at radius 1 is 1.13 bits per heavy atom. The number of nitrogens with two attached hydrogens (primary N) is 1. The van der Waals surface area contributed by atoms with Crippen LogP contribution in [-0.4, -0.2) is 62.4 Å². The van der Waals surface area contributed by atoms with Crippen LogP contribution in [-0.2, 0) is 0 Å². The third-order valence-corrected chi connectivity index (χ3v) is 5.93. The van der Waals surface area contributed by atoms with Crippen molar-refractivity contribution >= 4 is 29.0 Å². The molecule has 0 aliphatic rings. The van der Waals surface area contributed by atoms with Crippen LogP contribution in [0.1, 0.15) is 33.1 Å². The minimum Gasteiger partial charge on any atom is -0.493 e. The molecule has 0 aliphatic heterocycles. The zero-order chi connectivity index (χ0) is 21.3. The Hall–Kier alpha value is -2.17. The van der Waals surface area contributed by atoms with Crippen LogP contribution in [0.3, 0.4) is 0 Å². The van der Waals surface area contributed by atoms with Crippen LogP contribution in [0.2, 0.25) is 0 Å². The number of anilines is 1. The molecule has 0 spiro atoms. The molecule has 0 fully saturated rings. The van der Waals surface area contributed by atoms with E-state index in [1.165, 1.54) is 40.6 Å². The zero-order valence-electron chi connectivity index (χ0n) is 17.7. The standard InChI is InChI=1S/C20H29N7OS2/c1-4-11-26(12-5-2)13-8-14-28-16-10-7-6-9-15(16)17-23-24-20(30-17)27-18(21)22-19(25-27)29-3/h6-7,9-10H,4-5,8,11-14H2,1-3H3,(H2,21,22,25). The monoisotopic (exact) mass is 447 g/mol. The fraction of sp³-hybridized carbons (Fsp3) is 0.500. The molecule has 162 valence electrons. The smallest absolute Gasteiger partial charge is 0.236 e. The lowest BCUT2D eigenvalue weighted by molar-refractivity contribution is 0.234. The molecule has 0 atom stereocenters. The van der Waals surface area contributed by atoms with E-state index < -0.39 is 0 Å². The first-order valence-electron chi connectivity index (χ1n) is 10.2. The Morgan fingerprint density at radius 2 is 1.90 bits per heavy atom. The van der Waals surface area contributed by atoms with Crippen molar-refractivity contribution in [1.82, 2.24) is 29.9 Å². The highest BCUT2D eigenvalue weighted by Gasteiger charge is 2.16. The predicted octanol–water partition coefficient (Wildman–Crippen LogP) is 3.98. The van der Waals surface area contributed by atoms with Crippen molar-refractivity contribution < 1.29 is 4.74 Å². The van der Waals surface area contributed by atoms with E-state index in [2.05, 4.69) is 39.0 Å². The Kier molecular flexibility index (Phi) is 8.47. The van der Waals surface area contributed by atoms with Gasteiger partial charge in [0.05, 0.1) is 12.2 Å². The largest absolute Gasteiger partial charge is 0.493 e. The summed E-state index contributed by atoms with van der Waals surface area (Å²) >= 11 is 2.84. The predicted molar refractivity (Wildman–Crippen MR) is 124 cm³/mol. The van der Waals surface area contributed by atoms with E-state index in [4.69, 9.17) is 10.5 Å². The van der Waals surface area contributed by atoms with Gasteiger partial charge in [0.1, 0.15) is 5.75 Å². The van der Waals surface area contributed by atoms with Gasteiger partial charge < -0.3 is 15.4 Å². The summed E-state index contributed by atoms with van der Waals surface area (Å²) in [7, 11) is 0. The number of ether oxygens (including phenoxy) is 1. The maximum Gasteiger partial charge on any atom is 0.236 e. The number of rotatable bonds is 12. The van der Waals surface area contributed by atoms with E-state index in [0.29, 0.717) is 22.8 Å². The number of aromatic nitrogens is 5. The van der Waals surface area contributed by atoms with Crippen LogP contribution in [0.15, 0.2) is 29.4 Å². The highest BCUT2D eigenvalue weighted by atomic mass is 32.2. The number of thioether (sulfide) groups is 1. The fourth-order valence-electron chi connectivity index (χ4n) is 3.15. The van der Waals surface area contributed by atoms with E-state index in [1.54, 1.807) is 0 Å². The van der Waals surface area contributed by atoms with Crippen LogP contribution in [0.4, 0.5) is 5.95 Å². The van der Waals surface area contributed by atoms with Crippen molar-refractivity contribution in [3.05, 3.63) is 24.3 Å². The molecule has 0 saturated heterocycles.